The molecule has 1 unspecified atom stereocenters. The van der Waals surface area contributed by atoms with Gasteiger partial charge in [-0.15, -0.1) is 6.58 Å². The monoisotopic (exact) mass is 239 g/mol. The van der Waals surface area contributed by atoms with E-state index in [4.69, 9.17) is 12.2 Å². The minimum Gasteiger partial charge on any atom is -0.335 e. The second kappa shape index (κ2) is 5.62. The summed E-state index contributed by atoms with van der Waals surface area (Å²) in [6.07, 6.45) is 1.96. The Morgan fingerprint density at radius 1 is 1.31 bits per heavy atom. The minimum absolute atomic E-state index is 0.0287. The maximum absolute atomic E-state index is 5.33. The molecule has 0 fully saturated rings. The molecule has 92 valence electrons. The molecule has 0 bridgehead atoms. The average Bonchev–Trinajstić information content (AvgIpc) is 1.99. The Balaban J connectivity index is 5.17. The van der Waals surface area contributed by atoms with E-state index in [-0.39, 0.29) is 11.5 Å². The van der Waals surface area contributed by atoms with E-state index < -0.39 is 0 Å². The maximum Gasteiger partial charge on any atom is 0.0794 e. The highest BCUT2D eigenvalue weighted by molar-refractivity contribution is 7.80. The van der Waals surface area contributed by atoms with Crippen molar-refractivity contribution in [3.05, 3.63) is 24.9 Å². The van der Waals surface area contributed by atoms with E-state index in [1.807, 2.05) is 13.0 Å². The summed E-state index contributed by atoms with van der Waals surface area (Å²) in [4.78, 5) is 3.00. The molecule has 0 spiro atoms. The highest BCUT2D eigenvalue weighted by atomic mass is 32.1. The molecular formula is C14H25NS. The number of rotatable bonds is 4. The molecule has 0 aromatic carbocycles. The molecule has 16 heavy (non-hydrogen) atoms. The smallest absolute Gasteiger partial charge is 0.0794 e. The zero-order chi connectivity index (χ0) is 13.1. The van der Waals surface area contributed by atoms with Gasteiger partial charge in [0.2, 0.25) is 0 Å². The zero-order valence-corrected chi connectivity index (χ0v) is 12.3. The van der Waals surface area contributed by atoms with Crippen molar-refractivity contribution in [3.8, 4) is 0 Å². The molecule has 0 amide bonds. The largest absolute Gasteiger partial charge is 0.335 e. The first-order chi connectivity index (χ1) is 7.12. The molecule has 0 aromatic rings. The van der Waals surface area contributed by atoms with E-state index >= 15 is 0 Å². The Kier molecular flexibility index (Phi) is 5.40. The summed E-state index contributed by atoms with van der Waals surface area (Å²) in [5.74, 6) is 0.765. The van der Waals surface area contributed by atoms with Crippen LogP contribution in [0.15, 0.2) is 24.9 Å². The van der Waals surface area contributed by atoms with E-state index in [0.29, 0.717) is 5.92 Å². The van der Waals surface area contributed by atoms with Crippen molar-refractivity contribution in [1.29, 1.82) is 0 Å². The van der Waals surface area contributed by atoms with Gasteiger partial charge in [-0.3, -0.25) is 0 Å². The van der Waals surface area contributed by atoms with Crippen molar-refractivity contribution in [2.45, 2.75) is 47.1 Å². The molecule has 0 saturated carbocycles. The third-order valence-corrected chi connectivity index (χ3v) is 2.81. The molecular weight excluding hydrogens is 214 g/mol. The fraction of sp³-hybridized carbons (Fsp3) is 0.643. The van der Waals surface area contributed by atoms with E-state index in [9.17, 15) is 0 Å². The molecule has 2 heteroatoms. The lowest BCUT2D eigenvalue weighted by molar-refractivity contribution is 0.261. The molecule has 0 aromatic heterocycles. The normalized spacial score (nSPS) is 13.4. The van der Waals surface area contributed by atoms with Crippen molar-refractivity contribution in [2.24, 2.45) is 11.8 Å². The van der Waals surface area contributed by atoms with E-state index in [1.165, 1.54) is 0 Å². The third kappa shape index (κ3) is 3.75. The van der Waals surface area contributed by atoms with E-state index in [0.717, 1.165) is 10.7 Å². The van der Waals surface area contributed by atoms with Crippen LogP contribution in [0.4, 0.5) is 0 Å². The lowest BCUT2D eigenvalue weighted by atomic mass is 9.90. The fourth-order valence-corrected chi connectivity index (χ4v) is 2.44. The summed E-state index contributed by atoms with van der Waals surface area (Å²) >= 11 is 5.33. The summed E-state index contributed by atoms with van der Waals surface area (Å²) in [5.41, 5.74) is 1.02. The van der Waals surface area contributed by atoms with Crippen LogP contribution in [0.25, 0.3) is 0 Å². The first-order valence-corrected chi connectivity index (χ1v) is 6.16. The highest BCUT2D eigenvalue weighted by Crippen LogP contribution is 2.29. The van der Waals surface area contributed by atoms with Gasteiger partial charge in [0.05, 0.1) is 4.99 Å². The van der Waals surface area contributed by atoms with E-state index in [1.54, 1.807) is 0 Å². The molecule has 0 aliphatic heterocycles. The van der Waals surface area contributed by atoms with Gasteiger partial charge in [-0.05, 0) is 33.6 Å². The van der Waals surface area contributed by atoms with Crippen molar-refractivity contribution in [3.63, 3.8) is 0 Å². The van der Waals surface area contributed by atoms with Gasteiger partial charge in [0.1, 0.15) is 0 Å². The van der Waals surface area contributed by atoms with Crippen LogP contribution in [0.2, 0.25) is 0 Å². The number of nitrogens with zero attached hydrogens (tertiary/aromatic N) is 1. The van der Waals surface area contributed by atoms with Crippen LogP contribution in [-0.2, 0) is 0 Å². The Morgan fingerprint density at radius 3 is 1.94 bits per heavy atom. The molecule has 0 aliphatic carbocycles. The van der Waals surface area contributed by atoms with Gasteiger partial charge in [-0.1, -0.05) is 38.7 Å². The van der Waals surface area contributed by atoms with Crippen LogP contribution in [0.5, 0.6) is 0 Å². The number of allylic oxidation sites excluding steroid dienone is 1. The predicted molar refractivity (Wildman–Crippen MR) is 77.5 cm³/mol. The van der Waals surface area contributed by atoms with Crippen molar-refractivity contribution >= 4 is 17.2 Å². The first kappa shape index (κ1) is 15.4. The standard InChI is InChI=1S/C14H25NS/c1-9-13(10(2)3)11(4)15(12(5)16)14(6,7)8/h9-10,13H,1,4H2,2-3,5-8H3. The Labute approximate surface area is 106 Å². The van der Waals surface area contributed by atoms with Gasteiger partial charge in [0.15, 0.2) is 0 Å². The summed E-state index contributed by atoms with van der Waals surface area (Å²) in [6, 6.07) is 0. The van der Waals surface area contributed by atoms with Gasteiger partial charge < -0.3 is 4.90 Å². The summed E-state index contributed by atoms with van der Waals surface area (Å²) in [7, 11) is 0. The Bertz CT molecular complexity index is 284. The van der Waals surface area contributed by atoms with Gasteiger partial charge in [0, 0.05) is 17.2 Å². The molecule has 0 rings (SSSR count). The summed E-state index contributed by atoms with van der Waals surface area (Å²) in [6.45, 7) is 20.8. The van der Waals surface area contributed by atoms with Crippen LogP contribution in [0.3, 0.4) is 0 Å². The molecule has 0 aliphatic rings. The summed E-state index contributed by atoms with van der Waals surface area (Å²) in [5, 5.41) is 0. The zero-order valence-electron chi connectivity index (χ0n) is 11.5. The van der Waals surface area contributed by atoms with Crippen LogP contribution in [0.1, 0.15) is 41.5 Å². The van der Waals surface area contributed by atoms with Crippen molar-refractivity contribution in [1.82, 2.24) is 4.90 Å². The van der Waals surface area contributed by atoms with Crippen LogP contribution < -0.4 is 0 Å². The molecule has 1 atom stereocenters. The fourth-order valence-electron chi connectivity index (χ4n) is 2.05. The van der Waals surface area contributed by atoms with Crippen LogP contribution >= 0.6 is 12.2 Å². The quantitative estimate of drug-likeness (QED) is 0.528. The molecule has 1 nitrogen and oxygen atoms in total. The second-order valence-corrected chi connectivity index (χ2v) is 6.11. The van der Waals surface area contributed by atoms with Crippen molar-refractivity contribution < 1.29 is 0 Å². The third-order valence-electron chi connectivity index (χ3n) is 2.63. The topological polar surface area (TPSA) is 3.24 Å². The number of hydrogen-bond acceptors (Lipinski definition) is 1. The maximum atomic E-state index is 5.33. The predicted octanol–water partition coefficient (Wildman–Crippen LogP) is 4.41. The SMILES string of the molecule is C=CC(C(=C)N(C(C)=S)C(C)(C)C)C(C)C. The van der Waals surface area contributed by atoms with Crippen LogP contribution in [-0.4, -0.2) is 15.4 Å². The highest BCUT2D eigenvalue weighted by Gasteiger charge is 2.28. The first-order valence-electron chi connectivity index (χ1n) is 5.75. The lowest BCUT2D eigenvalue weighted by Crippen LogP contribution is -2.44. The second-order valence-electron chi connectivity index (χ2n) is 5.52. The van der Waals surface area contributed by atoms with E-state index in [2.05, 4.69) is 52.7 Å². The Hall–Kier alpha value is -0.630. The van der Waals surface area contributed by atoms with Crippen molar-refractivity contribution in [2.75, 3.05) is 0 Å². The Morgan fingerprint density at radius 2 is 1.75 bits per heavy atom. The lowest BCUT2D eigenvalue weighted by Gasteiger charge is -2.41. The number of hydrogen-bond donors (Lipinski definition) is 0. The van der Waals surface area contributed by atoms with Gasteiger partial charge >= 0.3 is 0 Å². The van der Waals surface area contributed by atoms with Crippen LogP contribution in [0, 0.1) is 11.8 Å². The molecule has 0 radical (unpaired) electrons. The minimum atomic E-state index is -0.0287. The summed E-state index contributed by atoms with van der Waals surface area (Å²) < 4.78 is 0. The average molecular weight is 239 g/mol. The number of thiocarbonyl (C=S) groups is 1. The van der Waals surface area contributed by atoms with Gasteiger partial charge in [-0.25, -0.2) is 0 Å². The van der Waals surface area contributed by atoms with Gasteiger partial charge in [0.25, 0.3) is 0 Å². The molecule has 0 N–H and O–H groups in total. The molecule has 0 saturated heterocycles. The van der Waals surface area contributed by atoms with Gasteiger partial charge in [-0.2, -0.15) is 0 Å². The molecule has 0 heterocycles.